The van der Waals surface area contributed by atoms with Crippen molar-refractivity contribution >= 4 is 35.4 Å². The minimum Gasteiger partial charge on any atom is -0.276 e. The molecule has 2 aromatic carbocycles. The van der Waals surface area contributed by atoms with Crippen LogP contribution in [0.4, 0.5) is 29.3 Å². The van der Waals surface area contributed by atoms with E-state index >= 15 is 0 Å². The molecule has 1 heterocycles. The lowest BCUT2D eigenvalue weighted by molar-refractivity contribution is -0.138. The molecule has 0 bridgehead atoms. The maximum atomic E-state index is 12.9. The number of rotatable bonds is 3. The monoisotopic (exact) mass is 389 g/mol. The smallest absolute Gasteiger partial charge is 0.276 e. The van der Waals surface area contributed by atoms with E-state index in [1.807, 2.05) is 12.2 Å². The Bertz CT molecular complexity index is 968. The Morgan fingerprint density at radius 3 is 2.39 bits per heavy atom. The maximum Gasteiger partial charge on any atom is 0.416 e. The number of hydrogen-bond acceptors (Lipinski definition) is 4. The molecule has 9 heteroatoms. The molecular weight excluding hydrogens is 375 g/mol. The van der Waals surface area contributed by atoms with Gasteiger partial charge in [-0.1, -0.05) is 23.8 Å². The summed E-state index contributed by atoms with van der Waals surface area (Å²) in [6.07, 6.45) is -3.58. The molecule has 1 saturated heterocycles. The van der Waals surface area contributed by atoms with Crippen LogP contribution in [0.15, 0.2) is 53.5 Å². The molecule has 3 rings (SSSR count). The lowest BCUT2D eigenvalue weighted by Gasteiger charge is -2.28. The first-order valence-corrected chi connectivity index (χ1v) is 8.14. The zero-order valence-electron chi connectivity index (χ0n) is 14.5. The second-order valence-electron chi connectivity index (χ2n) is 6.11. The average molecular weight is 389 g/mol. The van der Waals surface area contributed by atoms with E-state index in [9.17, 15) is 27.6 Å². The van der Waals surface area contributed by atoms with E-state index in [2.05, 4.69) is 4.99 Å². The quantitative estimate of drug-likeness (QED) is 0.643. The summed E-state index contributed by atoms with van der Waals surface area (Å²) in [6.45, 7) is 1.88. The van der Waals surface area contributed by atoms with Gasteiger partial charge < -0.3 is 0 Å². The van der Waals surface area contributed by atoms with Crippen molar-refractivity contribution in [3.63, 3.8) is 0 Å². The van der Waals surface area contributed by atoms with Crippen molar-refractivity contribution in [2.75, 3.05) is 4.90 Å². The van der Waals surface area contributed by atoms with Gasteiger partial charge in [0.2, 0.25) is 5.91 Å². The van der Waals surface area contributed by atoms with E-state index < -0.39 is 35.5 Å². The Morgan fingerprint density at radius 2 is 1.75 bits per heavy atom. The molecule has 1 atom stereocenters. The van der Waals surface area contributed by atoms with Crippen LogP contribution in [0, 0.1) is 12.8 Å². The molecule has 1 aliphatic heterocycles. The number of alkyl halides is 3. The third-order valence-corrected chi connectivity index (χ3v) is 4.04. The summed E-state index contributed by atoms with van der Waals surface area (Å²) in [5.74, 6) is -3.33. The first-order valence-electron chi connectivity index (χ1n) is 8.14. The van der Waals surface area contributed by atoms with Crippen molar-refractivity contribution in [3.05, 3.63) is 59.7 Å². The van der Waals surface area contributed by atoms with E-state index in [0.29, 0.717) is 16.7 Å². The molecule has 0 unspecified atom stereocenters. The summed E-state index contributed by atoms with van der Waals surface area (Å²) in [5, 5.41) is 1.97. The van der Waals surface area contributed by atoms with Gasteiger partial charge in [-0.15, -0.1) is 0 Å². The van der Waals surface area contributed by atoms with Gasteiger partial charge in [-0.2, -0.15) is 13.2 Å². The third kappa shape index (κ3) is 3.93. The molecule has 0 spiro atoms. The van der Waals surface area contributed by atoms with Gasteiger partial charge in [0.05, 0.1) is 16.9 Å². The highest BCUT2D eigenvalue weighted by molar-refractivity contribution is 6.32. The predicted molar refractivity (Wildman–Crippen MR) is 95.3 cm³/mol. The summed E-state index contributed by atoms with van der Waals surface area (Å²) in [4.78, 5) is 41.3. The molecule has 0 aliphatic carbocycles. The number of urea groups is 1. The van der Waals surface area contributed by atoms with Gasteiger partial charge in [0.1, 0.15) is 0 Å². The molecule has 28 heavy (non-hydrogen) atoms. The Morgan fingerprint density at radius 1 is 1.07 bits per heavy atom. The number of amides is 4. The number of carbonyl (C=O) groups excluding carboxylic acids is 3. The molecule has 0 aromatic heterocycles. The number of carbonyl (C=O) groups is 3. The van der Waals surface area contributed by atoms with Crippen LogP contribution in [0.25, 0.3) is 0 Å². The summed E-state index contributed by atoms with van der Waals surface area (Å²) in [6, 6.07) is 9.54. The highest BCUT2D eigenvalue weighted by Gasteiger charge is 2.41. The van der Waals surface area contributed by atoms with E-state index in [1.54, 1.807) is 24.3 Å². The molecule has 2 aromatic rings. The Balaban J connectivity index is 1.91. The SMILES string of the molecule is Cc1ccc(N=C[C@@H]2C(=O)NC(=O)N(c3cccc(C(F)(F)F)c3)C2=O)cc1. The van der Waals surface area contributed by atoms with Gasteiger partial charge in [0.15, 0.2) is 5.92 Å². The number of barbiturate groups is 1. The number of nitrogens with zero attached hydrogens (tertiary/aromatic N) is 2. The number of aliphatic imine (C=N–C) groups is 1. The lowest BCUT2D eigenvalue weighted by Crippen LogP contribution is -2.58. The van der Waals surface area contributed by atoms with Crippen molar-refractivity contribution in [1.82, 2.24) is 5.32 Å². The van der Waals surface area contributed by atoms with Gasteiger partial charge >= 0.3 is 12.2 Å². The lowest BCUT2D eigenvalue weighted by atomic mass is 10.1. The van der Waals surface area contributed by atoms with Crippen molar-refractivity contribution in [1.29, 1.82) is 0 Å². The number of imide groups is 2. The normalized spacial score (nSPS) is 17.9. The molecule has 1 N–H and O–H groups in total. The molecular formula is C19H14F3N3O3. The Kier molecular flexibility index (Phi) is 5.00. The molecule has 0 radical (unpaired) electrons. The van der Waals surface area contributed by atoms with Crippen LogP contribution in [0.1, 0.15) is 11.1 Å². The van der Waals surface area contributed by atoms with Gasteiger partial charge in [-0.3, -0.25) is 19.9 Å². The van der Waals surface area contributed by atoms with E-state index in [1.165, 1.54) is 6.07 Å². The highest BCUT2D eigenvalue weighted by Crippen LogP contribution is 2.32. The largest absolute Gasteiger partial charge is 0.416 e. The van der Waals surface area contributed by atoms with E-state index in [-0.39, 0.29) is 5.69 Å². The van der Waals surface area contributed by atoms with Crippen LogP contribution >= 0.6 is 0 Å². The number of anilines is 1. The molecule has 6 nitrogen and oxygen atoms in total. The van der Waals surface area contributed by atoms with Gasteiger partial charge in [-0.25, -0.2) is 9.69 Å². The maximum absolute atomic E-state index is 12.9. The average Bonchev–Trinajstić information content (AvgIpc) is 2.62. The summed E-state index contributed by atoms with van der Waals surface area (Å²) >= 11 is 0. The van der Waals surface area contributed by atoms with Gasteiger partial charge in [-0.05, 0) is 37.3 Å². The second-order valence-corrected chi connectivity index (χ2v) is 6.11. The fourth-order valence-electron chi connectivity index (χ4n) is 2.58. The predicted octanol–water partition coefficient (Wildman–Crippen LogP) is 3.62. The zero-order chi connectivity index (χ0) is 20.5. The highest BCUT2D eigenvalue weighted by atomic mass is 19.4. The first kappa shape index (κ1) is 19.3. The topological polar surface area (TPSA) is 78.8 Å². The molecule has 1 fully saturated rings. The van der Waals surface area contributed by atoms with Crippen molar-refractivity contribution in [2.45, 2.75) is 13.1 Å². The van der Waals surface area contributed by atoms with Gasteiger partial charge in [0.25, 0.3) is 5.91 Å². The van der Waals surface area contributed by atoms with Crippen LogP contribution in [-0.4, -0.2) is 24.1 Å². The van der Waals surface area contributed by atoms with Crippen LogP contribution in [0.3, 0.4) is 0 Å². The number of benzene rings is 2. The van der Waals surface area contributed by atoms with Crippen molar-refractivity contribution in [3.8, 4) is 0 Å². The Hall–Kier alpha value is -3.49. The van der Waals surface area contributed by atoms with Crippen molar-refractivity contribution < 1.29 is 27.6 Å². The van der Waals surface area contributed by atoms with Crippen LogP contribution in [-0.2, 0) is 15.8 Å². The van der Waals surface area contributed by atoms with Crippen LogP contribution < -0.4 is 10.2 Å². The number of hydrogen-bond donors (Lipinski definition) is 1. The third-order valence-electron chi connectivity index (χ3n) is 4.04. The summed E-state index contributed by atoms with van der Waals surface area (Å²) in [7, 11) is 0. The molecule has 1 aliphatic rings. The molecule has 0 saturated carbocycles. The van der Waals surface area contributed by atoms with Gasteiger partial charge in [0, 0.05) is 6.21 Å². The molecule has 4 amide bonds. The fraction of sp³-hybridized carbons (Fsp3) is 0.158. The minimum atomic E-state index is -4.65. The second kappa shape index (κ2) is 7.26. The van der Waals surface area contributed by atoms with Crippen LogP contribution in [0.5, 0.6) is 0 Å². The number of nitrogens with one attached hydrogen (secondary N) is 1. The standard InChI is InChI=1S/C19H14F3N3O3/c1-11-5-7-13(8-6-11)23-10-15-16(26)24-18(28)25(17(15)27)14-4-2-3-12(9-14)19(20,21)22/h2-10,15H,1H3,(H,24,26,28)/t15-/m1/s1. The fourth-order valence-corrected chi connectivity index (χ4v) is 2.58. The number of halogens is 3. The number of aryl methyl sites for hydroxylation is 1. The Labute approximate surface area is 157 Å². The first-order chi connectivity index (χ1) is 13.2. The summed E-state index contributed by atoms with van der Waals surface area (Å²) in [5.41, 5.74) is 0.159. The summed E-state index contributed by atoms with van der Waals surface area (Å²) < 4.78 is 38.8. The van der Waals surface area contributed by atoms with Crippen molar-refractivity contribution in [2.24, 2.45) is 10.9 Å². The minimum absolute atomic E-state index is 0.293. The van der Waals surface area contributed by atoms with E-state index in [4.69, 9.17) is 0 Å². The van der Waals surface area contributed by atoms with Crippen LogP contribution in [0.2, 0.25) is 0 Å². The zero-order valence-corrected chi connectivity index (χ0v) is 14.5. The molecule has 144 valence electrons. The van der Waals surface area contributed by atoms with E-state index in [0.717, 1.165) is 23.9 Å².